The lowest BCUT2D eigenvalue weighted by molar-refractivity contribution is -0.119. The van der Waals surface area contributed by atoms with Gasteiger partial charge in [-0.3, -0.25) is 4.79 Å². The minimum Gasteiger partial charge on any atom is -0.328 e. The van der Waals surface area contributed by atoms with Gasteiger partial charge in [-0.1, -0.05) is 13.3 Å². The maximum Gasteiger partial charge on any atom is 0.227 e. The molecule has 1 aromatic heterocycles. The summed E-state index contributed by atoms with van der Waals surface area (Å²) in [5.41, 5.74) is 7.44. The van der Waals surface area contributed by atoms with Gasteiger partial charge >= 0.3 is 0 Å². The number of hydrogen-bond donors (Lipinski definition) is 2. The summed E-state index contributed by atoms with van der Waals surface area (Å²) in [4.78, 5) is 16.2. The molecule has 0 aromatic carbocycles. The first kappa shape index (κ1) is 16.1. The van der Waals surface area contributed by atoms with Crippen LogP contribution in [0, 0.1) is 12.8 Å². The van der Waals surface area contributed by atoms with E-state index in [1.54, 1.807) is 6.20 Å². The third kappa shape index (κ3) is 5.70. The van der Waals surface area contributed by atoms with Crippen LogP contribution in [0.15, 0.2) is 16.9 Å². The van der Waals surface area contributed by atoms with Gasteiger partial charge in [0.2, 0.25) is 5.91 Å². The second-order valence-corrected chi connectivity index (χ2v) is 5.88. The van der Waals surface area contributed by atoms with E-state index >= 15 is 0 Å². The first-order valence-electron chi connectivity index (χ1n) is 6.58. The zero-order valence-electron chi connectivity index (χ0n) is 11.7. The molecule has 4 nitrogen and oxygen atoms in total. The highest BCUT2D eigenvalue weighted by Crippen LogP contribution is 2.18. The van der Waals surface area contributed by atoms with E-state index < -0.39 is 0 Å². The molecule has 0 fully saturated rings. The average Bonchev–Trinajstić information content (AvgIpc) is 2.33. The number of aromatic nitrogens is 1. The molecule has 0 aliphatic rings. The van der Waals surface area contributed by atoms with Gasteiger partial charge in [-0.2, -0.15) is 0 Å². The number of hydrogen-bond acceptors (Lipinski definition) is 3. The molecule has 19 heavy (non-hydrogen) atoms. The second kappa shape index (κ2) is 7.60. The van der Waals surface area contributed by atoms with E-state index in [-0.39, 0.29) is 17.9 Å². The topological polar surface area (TPSA) is 68.0 Å². The molecule has 1 heterocycles. The Morgan fingerprint density at radius 1 is 1.47 bits per heavy atom. The van der Waals surface area contributed by atoms with Crippen LogP contribution in [0.2, 0.25) is 0 Å². The number of carbonyl (C=O) groups is 1. The number of nitrogens with zero attached hydrogens (tertiary/aromatic N) is 1. The lowest BCUT2D eigenvalue weighted by Gasteiger charge is -2.13. The van der Waals surface area contributed by atoms with Crippen LogP contribution in [0.5, 0.6) is 0 Å². The summed E-state index contributed by atoms with van der Waals surface area (Å²) < 4.78 is 0.801. The zero-order chi connectivity index (χ0) is 14.4. The van der Waals surface area contributed by atoms with Gasteiger partial charge in [-0.05, 0) is 54.2 Å². The first-order valence-corrected chi connectivity index (χ1v) is 7.38. The van der Waals surface area contributed by atoms with Crippen LogP contribution in [-0.4, -0.2) is 16.9 Å². The number of halogens is 1. The molecule has 0 aliphatic heterocycles. The van der Waals surface area contributed by atoms with Crippen molar-refractivity contribution in [3.05, 3.63) is 22.4 Å². The minimum atomic E-state index is -0.0114. The molecule has 0 aliphatic carbocycles. The number of nitrogens with one attached hydrogen (secondary N) is 1. The SMILES string of the molecule is Cc1cc(NC(=O)C(C)CCCC(C)N)cnc1Br. The number of carbonyl (C=O) groups excluding carboxylic acids is 1. The Morgan fingerprint density at radius 3 is 2.74 bits per heavy atom. The molecule has 0 saturated heterocycles. The highest BCUT2D eigenvalue weighted by molar-refractivity contribution is 9.10. The lowest BCUT2D eigenvalue weighted by atomic mass is 10.0. The van der Waals surface area contributed by atoms with Gasteiger partial charge in [-0.15, -0.1) is 0 Å². The smallest absolute Gasteiger partial charge is 0.227 e. The first-order chi connectivity index (χ1) is 8.90. The van der Waals surface area contributed by atoms with Crippen molar-refractivity contribution >= 4 is 27.5 Å². The molecule has 106 valence electrons. The maximum atomic E-state index is 12.0. The van der Waals surface area contributed by atoms with Crippen molar-refractivity contribution in [3.8, 4) is 0 Å². The molecule has 3 N–H and O–H groups in total. The van der Waals surface area contributed by atoms with Gasteiger partial charge in [0.05, 0.1) is 11.9 Å². The van der Waals surface area contributed by atoms with E-state index in [1.807, 2.05) is 26.8 Å². The van der Waals surface area contributed by atoms with Gasteiger partial charge in [0, 0.05) is 12.0 Å². The van der Waals surface area contributed by atoms with E-state index in [0.29, 0.717) is 0 Å². The second-order valence-electron chi connectivity index (χ2n) is 5.13. The maximum absolute atomic E-state index is 12.0. The van der Waals surface area contributed by atoms with Crippen LogP contribution in [0.4, 0.5) is 5.69 Å². The van der Waals surface area contributed by atoms with Crippen LogP contribution >= 0.6 is 15.9 Å². The van der Waals surface area contributed by atoms with E-state index in [2.05, 4.69) is 26.2 Å². The summed E-state index contributed by atoms with van der Waals surface area (Å²) in [6, 6.07) is 2.11. The van der Waals surface area contributed by atoms with Crippen LogP contribution in [-0.2, 0) is 4.79 Å². The number of amides is 1. The molecule has 1 aromatic rings. The monoisotopic (exact) mass is 327 g/mol. The number of aryl methyl sites for hydroxylation is 1. The molecule has 0 saturated carbocycles. The highest BCUT2D eigenvalue weighted by atomic mass is 79.9. The van der Waals surface area contributed by atoms with Gasteiger partial charge in [0.25, 0.3) is 0 Å². The van der Waals surface area contributed by atoms with Crippen LogP contribution in [0.25, 0.3) is 0 Å². The third-order valence-electron chi connectivity index (χ3n) is 3.03. The fraction of sp³-hybridized carbons (Fsp3) is 0.571. The van der Waals surface area contributed by atoms with Gasteiger partial charge in [-0.25, -0.2) is 4.98 Å². The average molecular weight is 328 g/mol. The summed E-state index contributed by atoms with van der Waals surface area (Å²) >= 11 is 3.34. The number of rotatable bonds is 6. The van der Waals surface area contributed by atoms with Crippen molar-refractivity contribution in [1.82, 2.24) is 4.98 Å². The van der Waals surface area contributed by atoms with Gasteiger partial charge in [0.15, 0.2) is 0 Å². The van der Waals surface area contributed by atoms with Gasteiger partial charge < -0.3 is 11.1 Å². The molecule has 0 radical (unpaired) electrons. The normalized spacial score (nSPS) is 13.9. The molecule has 0 bridgehead atoms. The predicted octanol–water partition coefficient (Wildman–Crippen LogP) is 3.24. The Morgan fingerprint density at radius 2 is 2.16 bits per heavy atom. The Balaban J connectivity index is 2.47. The van der Waals surface area contributed by atoms with E-state index in [4.69, 9.17) is 5.73 Å². The third-order valence-corrected chi connectivity index (χ3v) is 3.86. The predicted molar refractivity (Wildman–Crippen MR) is 82.0 cm³/mol. The molecule has 1 amide bonds. The summed E-state index contributed by atoms with van der Waals surface area (Å²) in [7, 11) is 0. The van der Waals surface area contributed by atoms with Gasteiger partial charge in [0.1, 0.15) is 4.60 Å². The van der Waals surface area contributed by atoms with Crippen LogP contribution in [0.1, 0.15) is 38.7 Å². The molecule has 2 unspecified atom stereocenters. The quantitative estimate of drug-likeness (QED) is 0.788. The fourth-order valence-electron chi connectivity index (χ4n) is 1.77. The van der Waals surface area contributed by atoms with E-state index in [1.165, 1.54) is 0 Å². The zero-order valence-corrected chi connectivity index (χ0v) is 13.3. The fourth-order valence-corrected chi connectivity index (χ4v) is 1.99. The summed E-state index contributed by atoms with van der Waals surface area (Å²) in [6.07, 6.45) is 4.44. The Kier molecular flexibility index (Phi) is 6.45. The largest absolute Gasteiger partial charge is 0.328 e. The molecular formula is C14H22BrN3O. The van der Waals surface area contributed by atoms with Crippen molar-refractivity contribution in [1.29, 1.82) is 0 Å². The summed E-state index contributed by atoms with van der Waals surface area (Å²) in [5, 5.41) is 2.89. The Labute approximate surface area is 123 Å². The molecular weight excluding hydrogens is 306 g/mol. The number of pyridine rings is 1. The molecule has 0 spiro atoms. The minimum absolute atomic E-state index is 0.0114. The molecule has 5 heteroatoms. The van der Waals surface area contributed by atoms with Crippen molar-refractivity contribution in [3.63, 3.8) is 0 Å². The Hall–Kier alpha value is -0.940. The Bertz CT molecular complexity index is 435. The van der Waals surface area contributed by atoms with E-state index in [0.717, 1.165) is 35.1 Å². The highest BCUT2D eigenvalue weighted by Gasteiger charge is 2.13. The molecule has 2 atom stereocenters. The van der Waals surface area contributed by atoms with Crippen molar-refractivity contribution in [2.45, 2.75) is 46.1 Å². The summed E-state index contributed by atoms with van der Waals surface area (Å²) in [6.45, 7) is 5.87. The van der Waals surface area contributed by atoms with Crippen molar-refractivity contribution in [2.24, 2.45) is 11.7 Å². The van der Waals surface area contributed by atoms with Crippen molar-refractivity contribution < 1.29 is 4.79 Å². The molecule has 1 rings (SSSR count). The number of nitrogens with two attached hydrogens (primary N) is 1. The standard InChI is InChI=1S/C14H22BrN3O/c1-9(5-4-6-11(3)16)14(19)18-12-7-10(2)13(15)17-8-12/h7-9,11H,4-6,16H2,1-3H3,(H,18,19). The van der Waals surface area contributed by atoms with Crippen molar-refractivity contribution in [2.75, 3.05) is 5.32 Å². The van der Waals surface area contributed by atoms with Crippen LogP contribution < -0.4 is 11.1 Å². The summed E-state index contributed by atoms with van der Waals surface area (Å²) in [5.74, 6) is 0.0240. The lowest BCUT2D eigenvalue weighted by Crippen LogP contribution is -2.21. The van der Waals surface area contributed by atoms with Crippen LogP contribution in [0.3, 0.4) is 0 Å². The van der Waals surface area contributed by atoms with E-state index in [9.17, 15) is 4.79 Å². The number of anilines is 1.